The maximum absolute atomic E-state index is 12.8. The Morgan fingerprint density at radius 2 is 2.05 bits per heavy atom. The van der Waals surface area contributed by atoms with Crippen LogP contribution in [0.4, 0.5) is 4.79 Å². The normalized spacial score (nSPS) is 28.3. The van der Waals surface area contributed by atoms with Crippen LogP contribution in [0, 0.1) is 5.92 Å². The minimum absolute atomic E-state index is 0.0768. The molecule has 1 aromatic rings. The first-order chi connectivity index (χ1) is 10.5. The van der Waals surface area contributed by atoms with E-state index in [1.165, 1.54) is 4.90 Å². The standard InChI is InChI=1S/C17H21ClN2O2/c1-2-12-6-8-17(9-7-12)15(21)20(16(22)19-17)11-13-4-3-5-14(18)10-13/h3-5,10,12H,2,6-9,11H2,1H3,(H,19,22). The summed E-state index contributed by atoms with van der Waals surface area (Å²) in [6.45, 7) is 2.47. The minimum Gasteiger partial charge on any atom is -0.323 e. The van der Waals surface area contributed by atoms with Crippen molar-refractivity contribution in [2.45, 2.75) is 51.1 Å². The van der Waals surface area contributed by atoms with Gasteiger partial charge in [-0.05, 0) is 49.3 Å². The molecule has 1 N–H and O–H groups in total. The van der Waals surface area contributed by atoms with Crippen LogP contribution in [0.3, 0.4) is 0 Å². The van der Waals surface area contributed by atoms with Gasteiger partial charge in [-0.15, -0.1) is 0 Å². The number of benzene rings is 1. The molecule has 5 heteroatoms. The maximum Gasteiger partial charge on any atom is 0.325 e. The van der Waals surface area contributed by atoms with E-state index in [1.807, 2.05) is 12.1 Å². The van der Waals surface area contributed by atoms with Gasteiger partial charge in [-0.25, -0.2) is 4.79 Å². The predicted molar refractivity (Wildman–Crippen MR) is 85.5 cm³/mol. The van der Waals surface area contributed by atoms with Gasteiger partial charge in [0, 0.05) is 5.02 Å². The molecule has 0 aromatic heterocycles. The van der Waals surface area contributed by atoms with Crippen molar-refractivity contribution in [2.24, 2.45) is 5.92 Å². The van der Waals surface area contributed by atoms with Gasteiger partial charge in [0.2, 0.25) is 0 Å². The second-order valence-electron chi connectivity index (χ2n) is 6.39. The number of halogens is 1. The van der Waals surface area contributed by atoms with Crippen LogP contribution >= 0.6 is 11.6 Å². The Morgan fingerprint density at radius 3 is 2.68 bits per heavy atom. The zero-order chi connectivity index (χ0) is 15.7. The molecule has 0 unspecified atom stereocenters. The van der Waals surface area contributed by atoms with Crippen LogP contribution in [-0.2, 0) is 11.3 Å². The van der Waals surface area contributed by atoms with Gasteiger partial charge in [0.05, 0.1) is 6.54 Å². The van der Waals surface area contributed by atoms with Gasteiger partial charge < -0.3 is 5.32 Å². The predicted octanol–water partition coefficient (Wildman–Crippen LogP) is 3.73. The Bertz CT molecular complexity index is 594. The largest absolute Gasteiger partial charge is 0.325 e. The molecule has 3 amide bonds. The van der Waals surface area contributed by atoms with Crippen molar-refractivity contribution in [3.63, 3.8) is 0 Å². The molecule has 1 aliphatic heterocycles. The summed E-state index contributed by atoms with van der Waals surface area (Å²) in [5.74, 6) is 0.601. The lowest BCUT2D eigenvalue weighted by molar-refractivity contribution is -0.133. The van der Waals surface area contributed by atoms with Crippen LogP contribution in [0.25, 0.3) is 0 Å². The van der Waals surface area contributed by atoms with Gasteiger partial charge in [-0.1, -0.05) is 37.1 Å². The van der Waals surface area contributed by atoms with E-state index >= 15 is 0 Å². The molecule has 1 saturated heterocycles. The second-order valence-corrected chi connectivity index (χ2v) is 6.82. The number of hydrogen-bond acceptors (Lipinski definition) is 2. The summed E-state index contributed by atoms with van der Waals surface area (Å²) in [7, 11) is 0. The fourth-order valence-corrected chi connectivity index (χ4v) is 3.77. The van der Waals surface area contributed by atoms with Crippen molar-refractivity contribution < 1.29 is 9.59 Å². The van der Waals surface area contributed by atoms with E-state index in [4.69, 9.17) is 11.6 Å². The van der Waals surface area contributed by atoms with Crippen LogP contribution in [0.1, 0.15) is 44.6 Å². The number of imide groups is 1. The third kappa shape index (κ3) is 2.72. The Hall–Kier alpha value is -1.55. The van der Waals surface area contributed by atoms with Crippen LogP contribution in [0.2, 0.25) is 5.02 Å². The van der Waals surface area contributed by atoms with E-state index in [2.05, 4.69) is 12.2 Å². The number of rotatable bonds is 3. The molecule has 3 rings (SSSR count). The zero-order valence-electron chi connectivity index (χ0n) is 12.8. The third-order valence-corrected chi connectivity index (χ3v) is 5.25. The fourth-order valence-electron chi connectivity index (χ4n) is 3.56. The number of nitrogens with one attached hydrogen (secondary N) is 1. The minimum atomic E-state index is -0.665. The molecule has 1 aromatic carbocycles. The van der Waals surface area contributed by atoms with Gasteiger partial charge in [-0.3, -0.25) is 9.69 Å². The van der Waals surface area contributed by atoms with Gasteiger partial charge in [0.25, 0.3) is 5.91 Å². The first kappa shape index (κ1) is 15.3. The number of nitrogens with zero attached hydrogens (tertiary/aromatic N) is 1. The van der Waals surface area contributed by atoms with Gasteiger partial charge in [0.1, 0.15) is 5.54 Å². The van der Waals surface area contributed by atoms with E-state index in [0.717, 1.165) is 37.7 Å². The number of carbonyl (C=O) groups is 2. The van der Waals surface area contributed by atoms with Crippen molar-refractivity contribution in [3.05, 3.63) is 34.9 Å². The molecule has 118 valence electrons. The lowest BCUT2D eigenvalue weighted by Gasteiger charge is -2.34. The monoisotopic (exact) mass is 320 g/mol. The third-order valence-electron chi connectivity index (χ3n) is 5.01. The highest BCUT2D eigenvalue weighted by molar-refractivity contribution is 6.30. The van der Waals surface area contributed by atoms with Crippen LogP contribution in [-0.4, -0.2) is 22.4 Å². The molecule has 0 radical (unpaired) electrons. The lowest BCUT2D eigenvalue weighted by atomic mass is 9.75. The highest BCUT2D eigenvalue weighted by Crippen LogP contribution is 2.38. The molecule has 0 atom stereocenters. The average Bonchev–Trinajstić information content (AvgIpc) is 2.73. The molecular weight excluding hydrogens is 300 g/mol. The van der Waals surface area contributed by atoms with Gasteiger partial charge >= 0.3 is 6.03 Å². The number of carbonyl (C=O) groups excluding carboxylic acids is 2. The fraction of sp³-hybridized carbons (Fsp3) is 0.529. The molecule has 1 saturated carbocycles. The lowest BCUT2D eigenvalue weighted by Crippen LogP contribution is -2.49. The van der Waals surface area contributed by atoms with Crippen molar-refractivity contribution in [2.75, 3.05) is 0 Å². The van der Waals surface area contributed by atoms with E-state index in [9.17, 15) is 9.59 Å². The first-order valence-electron chi connectivity index (χ1n) is 7.92. The van der Waals surface area contributed by atoms with Crippen molar-refractivity contribution in [1.29, 1.82) is 0 Å². The molecule has 2 fully saturated rings. The number of urea groups is 1. The Kier molecular flexibility index (Phi) is 4.13. The molecule has 0 bridgehead atoms. The van der Waals surface area contributed by atoms with Crippen molar-refractivity contribution in [1.82, 2.24) is 10.2 Å². The van der Waals surface area contributed by atoms with Crippen LogP contribution in [0.15, 0.2) is 24.3 Å². The SMILES string of the molecule is CCC1CCC2(CC1)NC(=O)N(Cc1cccc(Cl)c1)C2=O. The zero-order valence-corrected chi connectivity index (χ0v) is 13.5. The van der Waals surface area contributed by atoms with E-state index < -0.39 is 5.54 Å². The van der Waals surface area contributed by atoms with Gasteiger partial charge in [-0.2, -0.15) is 0 Å². The van der Waals surface area contributed by atoms with Crippen molar-refractivity contribution >= 4 is 23.5 Å². The summed E-state index contributed by atoms with van der Waals surface area (Å²) in [5, 5.41) is 3.57. The number of amides is 3. The summed E-state index contributed by atoms with van der Waals surface area (Å²) in [6, 6.07) is 7.01. The first-order valence-corrected chi connectivity index (χ1v) is 8.30. The second kappa shape index (κ2) is 5.92. The highest BCUT2D eigenvalue weighted by atomic mass is 35.5. The summed E-state index contributed by atoms with van der Waals surface area (Å²) < 4.78 is 0. The van der Waals surface area contributed by atoms with Crippen LogP contribution in [0.5, 0.6) is 0 Å². The molecule has 1 aliphatic carbocycles. The summed E-state index contributed by atoms with van der Waals surface area (Å²) >= 11 is 5.97. The van der Waals surface area contributed by atoms with Gasteiger partial charge in [0.15, 0.2) is 0 Å². The Labute approximate surface area is 135 Å². The summed E-state index contributed by atoms with van der Waals surface area (Å²) in [6.07, 6.45) is 4.66. The van der Waals surface area contributed by atoms with Crippen molar-refractivity contribution in [3.8, 4) is 0 Å². The molecule has 22 heavy (non-hydrogen) atoms. The van der Waals surface area contributed by atoms with Crippen LogP contribution < -0.4 is 5.32 Å². The molecule has 2 aliphatic rings. The topological polar surface area (TPSA) is 49.4 Å². The van der Waals surface area contributed by atoms with E-state index in [-0.39, 0.29) is 18.5 Å². The maximum atomic E-state index is 12.8. The Morgan fingerprint density at radius 1 is 1.32 bits per heavy atom. The smallest absolute Gasteiger partial charge is 0.323 e. The average molecular weight is 321 g/mol. The number of hydrogen-bond donors (Lipinski definition) is 1. The Balaban J connectivity index is 1.75. The quantitative estimate of drug-likeness (QED) is 0.863. The van der Waals surface area contributed by atoms with E-state index in [0.29, 0.717) is 10.9 Å². The molecule has 4 nitrogen and oxygen atoms in total. The summed E-state index contributed by atoms with van der Waals surface area (Å²) in [4.78, 5) is 26.4. The summed E-state index contributed by atoms with van der Waals surface area (Å²) in [5.41, 5.74) is 0.205. The van der Waals surface area contributed by atoms with E-state index in [1.54, 1.807) is 12.1 Å². The molecule has 1 heterocycles. The molecule has 1 spiro atoms. The molecular formula is C17H21ClN2O2. The highest BCUT2D eigenvalue weighted by Gasteiger charge is 2.52.